The molecule has 2 amide bonds. The SMILES string of the molecule is NNC(=O)c1cc(-c2ccc(C#Cc3c(F)cc(C(=O)N4CCCCC4C(=O)O)cc3F)cc2)nc2ccncc12. The monoisotopic (exact) mass is 555 g/mol. The van der Waals surface area contributed by atoms with Crippen LogP contribution in [0.15, 0.2) is 60.9 Å². The number of halogens is 2. The number of benzene rings is 2. The summed E-state index contributed by atoms with van der Waals surface area (Å²) in [4.78, 5) is 46.5. The number of hydrogen-bond donors (Lipinski definition) is 3. The lowest BCUT2D eigenvalue weighted by Crippen LogP contribution is -2.48. The number of aromatic nitrogens is 2. The number of amides is 2. The van der Waals surface area contributed by atoms with Gasteiger partial charge in [0.25, 0.3) is 11.8 Å². The van der Waals surface area contributed by atoms with Gasteiger partial charge in [-0.2, -0.15) is 0 Å². The minimum atomic E-state index is -1.15. The number of hydrogen-bond acceptors (Lipinski definition) is 6. The van der Waals surface area contributed by atoms with E-state index >= 15 is 0 Å². The number of carbonyl (C=O) groups is 3. The van der Waals surface area contributed by atoms with E-state index in [4.69, 9.17) is 5.84 Å². The number of carbonyl (C=O) groups excluding carboxylic acids is 2. The minimum Gasteiger partial charge on any atom is -0.480 e. The Balaban J connectivity index is 1.39. The van der Waals surface area contributed by atoms with Gasteiger partial charge in [-0.15, -0.1) is 0 Å². The predicted octanol–water partition coefficient (Wildman–Crippen LogP) is 3.66. The third kappa shape index (κ3) is 5.59. The zero-order valence-corrected chi connectivity index (χ0v) is 21.5. The van der Waals surface area contributed by atoms with E-state index in [1.807, 2.05) is 0 Å². The molecule has 0 saturated carbocycles. The van der Waals surface area contributed by atoms with Crippen molar-refractivity contribution < 1.29 is 28.3 Å². The molecule has 1 unspecified atom stereocenters. The molecule has 5 rings (SSSR count). The van der Waals surface area contributed by atoms with Crippen LogP contribution in [0.3, 0.4) is 0 Å². The lowest BCUT2D eigenvalue weighted by Gasteiger charge is -2.33. The van der Waals surface area contributed by atoms with Crippen LogP contribution in [0.4, 0.5) is 8.78 Å². The van der Waals surface area contributed by atoms with E-state index in [-0.39, 0.29) is 18.5 Å². The third-order valence-corrected chi connectivity index (χ3v) is 6.84. The molecular formula is C30H23F2N5O4. The number of hydrazine groups is 1. The highest BCUT2D eigenvalue weighted by atomic mass is 19.1. The molecule has 1 fully saturated rings. The lowest BCUT2D eigenvalue weighted by atomic mass is 10.00. The summed E-state index contributed by atoms with van der Waals surface area (Å²) in [5.41, 5.74) is 3.80. The van der Waals surface area contributed by atoms with Crippen LogP contribution in [0.25, 0.3) is 22.2 Å². The molecule has 41 heavy (non-hydrogen) atoms. The summed E-state index contributed by atoms with van der Waals surface area (Å²) in [6, 6.07) is 10.7. The first-order valence-electron chi connectivity index (χ1n) is 12.7. The van der Waals surface area contributed by atoms with Gasteiger partial charge in [-0.3, -0.25) is 20.0 Å². The molecule has 4 N–H and O–H groups in total. The summed E-state index contributed by atoms with van der Waals surface area (Å²) >= 11 is 0. The molecule has 1 aliphatic rings. The van der Waals surface area contributed by atoms with E-state index < -0.39 is 41.0 Å². The third-order valence-electron chi connectivity index (χ3n) is 6.84. The molecule has 206 valence electrons. The van der Waals surface area contributed by atoms with Crippen LogP contribution < -0.4 is 11.3 Å². The van der Waals surface area contributed by atoms with Crippen molar-refractivity contribution >= 4 is 28.7 Å². The van der Waals surface area contributed by atoms with Gasteiger partial charge in [0, 0.05) is 41.0 Å². The molecule has 9 nitrogen and oxygen atoms in total. The molecule has 11 heteroatoms. The van der Waals surface area contributed by atoms with Crippen molar-refractivity contribution in [3.63, 3.8) is 0 Å². The first-order chi connectivity index (χ1) is 19.8. The van der Waals surface area contributed by atoms with Crippen LogP contribution in [-0.2, 0) is 4.79 Å². The molecule has 0 spiro atoms. The Kier molecular flexibility index (Phi) is 7.67. The van der Waals surface area contributed by atoms with Crippen molar-refractivity contribution in [2.45, 2.75) is 25.3 Å². The molecule has 1 atom stereocenters. The summed E-state index contributed by atoms with van der Waals surface area (Å²) in [5.74, 6) is 6.08. The van der Waals surface area contributed by atoms with Gasteiger partial charge < -0.3 is 10.0 Å². The highest BCUT2D eigenvalue weighted by molar-refractivity contribution is 6.06. The topological polar surface area (TPSA) is 139 Å². The number of rotatable bonds is 4. The van der Waals surface area contributed by atoms with Gasteiger partial charge in [-0.25, -0.2) is 24.4 Å². The molecule has 2 aromatic heterocycles. The van der Waals surface area contributed by atoms with Gasteiger partial charge >= 0.3 is 5.97 Å². The van der Waals surface area contributed by atoms with Gasteiger partial charge in [-0.05, 0) is 55.7 Å². The highest BCUT2D eigenvalue weighted by Crippen LogP contribution is 2.25. The summed E-state index contributed by atoms with van der Waals surface area (Å²) in [6.45, 7) is 0.198. The van der Waals surface area contributed by atoms with Crippen LogP contribution in [0.1, 0.15) is 51.1 Å². The van der Waals surface area contributed by atoms with Crippen molar-refractivity contribution in [3.05, 3.63) is 94.8 Å². The van der Waals surface area contributed by atoms with E-state index in [0.29, 0.717) is 46.1 Å². The first kappa shape index (κ1) is 27.4. The van der Waals surface area contributed by atoms with Crippen molar-refractivity contribution in [3.8, 4) is 23.1 Å². The zero-order chi connectivity index (χ0) is 29.1. The summed E-state index contributed by atoms with van der Waals surface area (Å²) < 4.78 is 29.7. The Hall–Kier alpha value is -5.21. The van der Waals surface area contributed by atoms with Gasteiger partial charge in [0.2, 0.25) is 0 Å². The number of fused-ring (bicyclic) bond motifs is 1. The second kappa shape index (κ2) is 11.5. The van der Waals surface area contributed by atoms with E-state index in [1.165, 1.54) is 6.20 Å². The fourth-order valence-corrected chi connectivity index (χ4v) is 4.75. The quantitative estimate of drug-likeness (QED) is 0.151. The molecule has 0 radical (unpaired) electrons. The maximum Gasteiger partial charge on any atom is 0.326 e. The van der Waals surface area contributed by atoms with Crippen LogP contribution in [0.2, 0.25) is 0 Å². The van der Waals surface area contributed by atoms with Crippen LogP contribution in [0.5, 0.6) is 0 Å². The Bertz CT molecular complexity index is 1720. The molecule has 2 aromatic carbocycles. The van der Waals surface area contributed by atoms with E-state index in [9.17, 15) is 28.3 Å². The fourth-order valence-electron chi connectivity index (χ4n) is 4.75. The van der Waals surface area contributed by atoms with Crippen molar-refractivity contribution in [1.82, 2.24) is 20.3 Å². The Morgan fingerprint density at radius 2 is 1.76 bits per heavy atom. The van der Waals surface area contributed by atoms with Crippen LogP contribution in [0, 0.1) is 23.5 Å². The number of piperidine rings is 1. The second-order valence-electron chi connectivity index (χ2n) is 9.41. The number of nitrogen functional groups attached to an aromatic ring is 1. The molecule has 1 aliphatic heterocycles. The standard InChI is InChI=1S/C30H23F2N5O4/c31-23-13-19(29(39)37-12-2-1-3-27(37)30(40)41)14-24(32)20(23)9-6-17-4-7-18(8-5-17)26-15-21(28(38)36-33)22-16-34-11-10-25(22)35-26/h4-5,7-8,10-11,13-16,27H,1-3,12,33H2,(H,36,38)(H,40,41). The van der Waals surface area contributed by atoms with Gasteiger partial charge in [0.1, 0.15) is 17.7 Å². The predicted molar refractivity (Wildman–Crippen MR) is 145 cm³/mol. The van der Waals surface area contributed by atoms with Crippen LogP contribution in [-0.4, -0.2) is 50.3 Å². The molecule has 3 heterocycles. The molecule has 1 saturated heterocycles. The average Bonchev–Trinajstić information content (AvgIpc) is 2.99. The van der Waals surface area contributed by atoms with Crippen molar-refractivity contribution in [2.75, 3.05) is 6.54 Å². The van der Waals surface area contributed by atoms with E-state index in [0.717, 1.165) is 17.0 Å². The molecule has 0 aliphatic carbocycles. The van der Waals surface area contributed by atoms with E-state index in [1.54, 1.807) is 42.6 Å². The lowest BCUT2D eigenvalue weighted by molar-refractivity contribution is -0.143. The zero-order valence-electron chi connectivity index (χ0n) is 21.5. The maximum atomic E-state index is 14.9. The fraction of sp³-hybridized carbons (Fsp3) is 0.167. The largest absolute Gasteiger partial charge is 0.480 e. The number of carboxylic acid groups (broad SMARTS) is 1. The van der Waals surface area contributed by atoms with E-state index in [2.05, 4.69) is 27.2 Å². The highest BCUT2D eigenvalue weighted by Gasteiger charge is 2.33. The van der Waals surface area contributed by atoms with Gasteiger partial charge in [0.15, 0.2) is 0 Å². The number of carboxylic acids is 1. The smallest absolute Gasteiger partial charge is 0.326 e. The van der Waals surface area contributed by atoms with Crippen molar-refractivity contribution in [2.24, 2.45) is 5.84 Å². The second-order valence-corrected chi connectivity index (χ2v) is 9.41. The Morgan fingerprint density at radius 3 is 2.44 bits per heavy atom. The molecular weight excluding hydrogens is 532 g/mol. The number of likely N-dealkylation sites (tertiary alicyclic amines) is 1. The minimum absolute atomic E-state index is 0.198. The summed E-state index contributed by atoms with van der Waals surface area (Å²) in [5, 5.41) is 9.96. The Labute approximate surface area is 233 Å². The summed E-state index contributed by atoms with van der Waals surface area (Å²) in [7, 11) is 0. The Morgan fingerprint density at radius 1 is 1.02 bits per heavy atom. The number of nitrogens with zero attached hydrogens (tertiary/aromatic N) is 3. The maximum absolute atomic E-state index is 14.9. The number of aliphatic carboxylic acids is 1. The van der Waals surface area contributed by atoms with Crippen molar-refractivity contribution in [1.29, 1.82) is 0 Å². The average molecular weight is 556 g/mol. The van der Waals surface area contributed by atoms with Crippen LogP contribution >= 0.6 is 0 Å². The number of nitrogens with two attached hydrogens (primary N) is 1. The number of pyridine rings is 2. The van der Waals surface area contributed by atoms with Gasteiger partial charge in [0.05, 0.1) is 22.3 Å². The molecule has 0 bridgehead atoms. The molecule has 4 aromatic rings. The number of nitrogens with one attached hydrogen (secondary N) is 1. The first-order valence-corrected chi connectivity index (χ1v) is 12.7. The van der Waals surface area contributed by atoms with Gasteiger partial charge in [-0.1, -0.05) is 24.0 Å². The normalized spacial score (nSPS) is 14.7. The summed E-state index contributed by atoms with van der Waals surface area (Å²) in [6.07, 6.45) is 4.63.